The van der Waals surface area contributed by atoms with Gasteiger partial charge in [0.05, 0.1) is 0 Å². The number of ether oxygens (including phenoxy) is 1. The van der Waals surface area contributed by atoms with Crippen molar-refractivity contribution < 1.29 is 24.2 Å². The molecule has 0 aliphatic carbocycles. The number of hydrogen-bond acceptors (Lipinski definition) is 5. The first kappa shape index (κ1) is 52.3. The van der Waals surface area contributed by atoms with E-state index in [0.717, 1.165) is 57.8 Å². The summed E-state index contributed by atoms with van der Waals surface area (Å²) in [5, 5.41) is 11.9. The number of hydrogen-bond donors (Lipinski definition) is 3. The van der Waals surface area contributed by atoms with Gasteiger partial charge in [-0.3, -0.25) is 9.59 Å². The molecule has 2 unspecified atom stereocenters. The Morgan fingerprint density at radius 2 is 1.00 bits per heavy atom. The van der Waals surface area contributed by atoms with Crippen LogP contribution in [0.1, 0.15) is 219 Å². The molecule has 318 valence electrons. The van der Waals surface area contributed by atoms with Gasteiger partial charge < -0.3 is 20.9 Å². The van der Waals surface area contributed by atoms with Crippen LogP contribution >= 0.6 is 0 Å². The topological polar surface area (TPSA) is 119 Å². The van der Waals surface area contributed by atoms with Crippen LogP contribution in [0.2, 0.25) is 0 Å². The Labute approximate surface area is 338 Å². The lowest BCUT2D eigenvalue weighted by molar-refractivity contribution is -0.147. The number of nitrogens with two attached hydrogens (primary N) is 1. The molecule has 0 saturated carbocycles. The SMILES string of the molecule is CCCCCCC/C=C\C/C=C\C/C=C\CCCCCCCCCCC(=O)OC(/C=C\CCCCCCC)CCCCCCC(=O)NC(CCCN)C(=O)O. The molecule has 0 rings (SSSR count). The van der Waals surface area contributed by atoms with Gasteiger partial charge >= 0.3 is 11.9 Å². The maximum atomic E-state index is 12.7. The molecule has 55 heavy (non-hydrogen) atoms. The number of esters is 1. The molecule has 7 heteroatoms. The number of aliphatic carboxylic acids is 1. The van der Waals surface area contributed by atoms with E-state index in [1.54, 1.807) is 0 Å². The van der Waals surface area contributed by atoms with Gasteiger partial charge in [0, 0.05) is 12.8 Å². The van der Waals surface area contributed by atoms with E-state index in [1.807, 2.05) is 0 Å². The van der Waals surface area contributed by atoms with Crippen LogP contribution in [0.25, 0.3) is 0 Å². The lowest BCUT2D eigenvalue weighted by Gasteiger charge is -2.15. The van der Waals surface area contributed by atoms with E-state index in [0.29, 0.717) is 38.6 Å². The fourth-order valence-electron chi connectivity index (χ4n) is 6.60. The van der Waals surface area contributed by atoms with Crippen molar-refractivity contribution in [3.8, 4) is 0 Å². The Bertz CT molecular complexity index is 1000. The van der Waals surface area contributed by atoms with Gasteiger partial charge in [-0.15, -0.1) is 0 Å². The standard InChI is InChI=1S/C48H86N2O5/c1-3-5-7-9-11-12-13-14-15-16-17-18-19-20-21-22-23-24-25-26-28-30-36-42-47(52)55-44(38-33-29-27-10-8-6-4-2)39-34-31-32-35-41-46(51)50-45(48(53)54)40-37-43-49/h13-14,16-17,19-20,33,38,44-45H,3-12,15,18,21-32,34-37,39-43,49H2,1-2H3,(H,50,51)(H,53,54)/b14-13-,17-16-,20-19-,38-33-. The second-order valence-corrected chi connectivity index (χ2v) is 15.5. The second kappa shape index (κ2) is 42.5. The van der Waals surface area contributed by atoms with Crippen LogP contribution in [-0.4, -0.2) is 41.6 Å². The molecule has 0 fully saturated rings. The van der Waals surface area contributed by atoms with Gasteiger partial charge in [0.2, 0.25) is 5.91 Å². The third kappa shape index (κ3) is 39.4. The molecular formula is C48H86N2O5. The van der Waals surface area contributed by atoms with Crippen molar-refractivity contribution >= 4 is 17.8 Å². The van der Waals surface area contributed by atoms with Gasteiger partial charge in [-0.05, 0) is 103 Å². The number of carboxylic acids is 1. The minimum absolute atomic E-state index is 0.0965. The highest BCUT2D eigenvalue weighted by molar-refractivity contribution is 5.83. The Kier molecular flexibility index (Phi) is 40.4. The minimum atomic E-state index is -1.02. The van der Waals surface area contributed by atoms with Crippen molar-refractivity contribution in [2.75, 3.05) is 6.54 Å². The number of carboxylic acid groups (broad SMARTS) is 1. The number of carbonyl (C=O) groups excluding carboxylic acids is 2. The maximum absolute atomic E-state index is 12.7. The molecule has 0 aliphatic rings. The van der Waals surface area contributed by atoms with Gasteiger partial charge in [0.15, 0.2) is 0 Å². The summed E-state index contributed by atoms with van der Waals surface area (Å²) in [6.45, 7) is 4.90. The Morgan fingerprint density at radius 3 is 1.53 bits per heavy atom. The third-order valence-corrected chi connectivity index (χ3v) is 10.1. The molecule has 0 spiro atoms. The molecule has 0 saturated heterocycles. The van der Waals surface area contributed by atoms with Gasteiger partial charge in [0.1, 0.15) is 12.1 Å². The van der Waals surface area contributed by atoms with Crippen LogP contribution < -0.4 is 11.1 Å². The zero-order valence-electron chi connectivity index (χ0n) is 35.8. The largest absolute Gasteiger partial charge is 0.480 e. The smallest absolute Gasteiger partial charge is 0.326 e. The van der Waals surface area contributed by atoms with E-state index in [1.165, 1.54) is 116 Å². The number of rotatable bonds is 41. The summed E-state index contributed by atoms with van der Waals surface area (Å²) in [6, 6.07) is -0.872. The second-order valence-electron chi connectivity index (χ2n) is 15.5. The molecule has 0 radical (unpaired) electrons. The normalized spacial score (nSPS) is 13.1. The predicted molar refractivity (Wildman–Crippen MR) is 234 cm³/mol. The zero-order valence-corrected chi connectivity index (χ0v) is 35.8. The average Bonchev–Trinajstić information content (AvgIpc) is 3.17. The summed E-state index contributed by atoms with van der Waals surface area (Å²) < 4.78 is 5.92. The van der Waals surface area contributed by atoms with Crippen LogP contribution in [-0.2, 0) is 19.1 Å². The molecular weight excluding hydrogens is 685 g/mol. The molecule has 0 aliphatic heterocycles. The Balaban J connectivity index is 4.12. The highest BCUT2D eigenvalue weighted by Crippen LogP contribution is 2.16. The van der Waals surface area contributed by atoms with E-state index in [-0.39, 0.29) is 18.0 Å². The van der Waals surface area contributed by atoms with Crippen molar-refractivity contribution in [2.45, 2.75) is 231 Å². The lowest BCUT2D eigenvalue weighted by Crippen LogP contribution is -2.40. The van der Waals surface area contributed by atoms with Gasteiger partial charge in [0.25, 0.3) is 0 Å². The van der Waals surface area contributed by atoms with Gasteiger partial charge in [-0.25, -0.2) is 4.79 Å². The first-order chi connectivity index (χ1) is 26.9. The van der Waals surface area contributed by atoms with Crippen LogP contribution in [0, 0.1) is 0 Å². The monoisotopic (exact) mass is 771 g/mol. The molecule has 1 amide bonds. The Hall–Kier alpha value is -2.67. The molecule has 7 nitrogen and oxygen atoms in total. The number of unbranched alkanes of at least 4 members (excludes halogenated alkanes) is 21. The predicted octanol–water partition coefficient (Wildman–Crippen LogP) is 13.2. The minimum Gasteiger partial charge on any atom is -0.480 e. The van der Waals surface area contributed by atoms with Crippen LogP contribution in [0.3, 0.4) is 0 Å². The van der Waals surface area contributed by atoms with Crippen LogP contribution in [0.15, 0.2) is 48.6 Å². The summed E-state index contributed by atoms with van der Waals surface area (Å²) in [7, 11) is 0. The molecule has 0 bridgehead atoms. The fraction of sp³-hybridized carbons (Fsp3) is 0.771. The molecule has 0 aromatic heterocycles. The molecule has 4 N–H and O–H groups in total. The summed E-state index contributed by atoms with van der Waals surface area (Å²) >= 11 is 0. The van der Waals surface area contributed by atoms with Crippen LogP contribution in [0.4, 0.5) is 0 Å². The average molecular weight is 771 g/mol. The number of amides is 1. The van der Waals surface area contributed by atoms with Gasteiger partial charge in [-0.2, -0.15) is 0 Å². The highest BCUT2D eigenvalue weighted by Gasteiger charge is 2.19. The lowest BCUT2D eigenvalue weighted by atomic mass is 10.1. The number of carbonyl (C=O) groups is 3. The molecule has 0 heterocycles. The number of allylic oxidation sites excluding steroid dienone is 7. The maximum Gasteiger partial charge on any atom is 0.326 e. The van der Waals surface area contributed by atoms with Crippen molar-refractivity contribution in [3.05, 3.63) is 48.6 Å². The van der Waals surface area contributed by atoms with Crippen molar-refractivity contribution in [1.29, 1.82) is 0 Å². The summed E-state index contributed by atoms with van der Waals surface area (Å²) in [4.78, 5) is 36.3. The van der Waals surface area contributed by atoms with E-state index in [4.69, 9.17) is 10.5 Å². The first-order valence-corrected chi connectivity index (χ1v) is 23.0. The van der Waals surface area contributed by atoms with Crippen LogP contribution in [0.5, 0.6) is 0 Å². The third-order valence-electron chi connectivity index (χ3n) is 10.1. The summed E-state index contributed by atoms with van der Waals surface area (Å²) in [6.07, 6.45) is 51.8. The van der Waals surface area contributed by atoms with Crippen molar-refractivity contribution in [1.82, 2.24) is 5.32 Å². The highest BCUT2D eigenvalue weighted by atomic mass is 16.5. The summed E-state index contributed by atoms with van der Waals surface area (Å²) in [5.41, 5.74) is 5.48. The van der Waals surface area contributed by atoms with Crippen molar-refractivity contribution in [3.63, 3.8) is 0 Å². The quantitative estimate of drug-likeness (QED) is 0.0324. The van der Waals surface area contributed by atoms with Crippen molar-refractivity contribution in [2.24, 2.45) is 5.73 Å². The Morgan fingerprint density at radius 1 is 0.545 bits per heavy atom. The number of nitrogens with one attached hydrogen (secondary N) is 1. The summed E-state index contributed by atoms with van der Waals surface area (Å²) in [5.74, 6) is -1.34. The molecule has 0 aromatic rings. The fourth-order valence-corrected chi connectivity index (χ4v) is 6.60. The van der Waals surface area contributed by atoms with E-state index >= 15 is 0 Å². The molecule has 2 atom stereocenters. The van der Waals surface area contributed by atoms with E-state index < -0.39 is 12.0 Å². The first-order valence-electron chi connectivity index (χ1n) is 23.0. The van der Waals surface area contributed by atoms with E-state index in [9.17, 15) is 19.5 Å². The van der Waals surface area contributed by atoms with E-state index in [2.05, 4.69) is 67.8 Å². The molecule has 0 aromatic carbocycles. The van der Waals surface area contributed by atoms with Gasteiger partial charge in [-0.1, -0.05) is 159 Å². The zero-order chi connectivity index (χ0) is 40.3.